The van der Waals surface area contributed by atoms with Gasteiger partial charge in [-0.3, -0.25) is 5.10 Å². The summed E-state index contributed by atoms with van der Waals surface area (Å²) in [5.41, 5.74) is 1.70. The number of aromatic amines is 1. The zero-order chi connectivity index (χ0) is 15.6. The molecule has 0 unspecified atom stereocenters. The Balaban J connectivity index is 2.30. The Morgan fingerprint density at radius 3 is 2.76 bits per heavy atom. The standard InChI is InChI=1S/C13H16BrN3O3S/c1-9-12(8-18)13(16-15-9)21(19,20)17(2)7-10-4-3-5-11(14)6-10/h3-6,18H,7-8H2,1-2H3,(H,15,16). The number of halogens is 1. The number of sulfonamides is 1. The van der Waals surface area contributed by atoms with Gasteiger partial charge in [0.2, 0.25) is 0 Å². The van der Waals surface area contributed by atoms with E-state index in [0.717, 1.165) is 10.0 Å². The molecule has 2 N–H and O–H groups in total. The number of aromatic nitrogens is 2. The summed E-state index contributed by atoms with van der Waals surface area (Å²) in [5, 5.41) is 15.6. The minimum Gasteiger partial charge on any atom is -0.392 e. The van der Waals surface area contributed by atoms with Crippen molar-refractivity contribution < 1.29 is 13.5 Å². The second-order valence-corrected chi connectivity index (χ2v) is 7.56. The van der Waals surface area contributed by atoms with Crippen LogP contribution in [0.15, 0.2) is 33.8 Å². The molecule has 0 saturated heterocycles. The second kappa shape index (κ2) is 6.27. The minimum atomic E-state index is -3.76. The lowest BCUT2D eigenvalue weighted by Crippen LogP contribution is -2.27. The third-order valence-corrected chi connectivity index (χ3v) is 5.41. The summed E-state index contributed by atoms with van der Waals surface area (Å²) in [7, 11) is -2.27. The summed E-state index contributed by atoms with van der Waals surface area (Å²) < 4.78 is 27.2. The maximum Gasteiger partial charge on any atom is 0.262 e. The fraction of sp³-hybridized carbons (Fsp3) is 0.308. The first-order valence-corrected chi connectivity index (χ1v) is 8.45. The summed E-state index contributed by atoms with van der Waals surface area (Å²) in [6.45, 7) is 1.52. The molecule has 21 heavy (non-hydrogen) atoms. The molecule has 0 fully saturated rings. The molecule has 0 radical (unpaired) electrons. The van der Waals surface area contributed by atoms with E-state index in [1.54, 1.807) is 6.92 Å². The van der Waals surface area contributed by atoms with Crippen LogP contribution in [0.1, 0.15) is 16.8 Å². The van der Waals surface area contributed by atoms with Gasteiger partial charge in [0.05, 0.1) is 6.61 Å². The second-order valence-electron chi connectivity index (χ2n) is 4.68. The van der Waals surface area contributed by atoms with Gasteiger partial charge in [-0.1, -0.05) is 28.1 Å². The Morgan fingerprint density at radius 1 is 1.43 bits per heavy atom. The molecule has 1 aromatic heterocycles. The molecule has 0 saturated carbocycles. The lowest BCUT2D eigenvalue weighted by atomic mass is 10.2. The number of rotatable bonds is 5. The third kappa shape index (κ3) is 3.34. The van der Waals surface area contributed by atoms with Crippen molar-refractivity contribution in [2.24, 2.45) is 0 Å². The van der Waals surface area contributed by atoms with Crippen LogP contribution < -0.4 is 0 Å². The molecular formula is C13H16BrN3O3S. The molecule has 114 valence electrons. The molecule has 1 aromatic carbocycles. The summed E-state index contributed by atoms with van der Waals surface area (Å²) in [6.07, 6.45) is 0. The van der Waals surface area contributed by atoms with Gasteiger partial charge in [-0.15, -0.1) is 0 Å². The molecular weight excluding hydrogens is 358 g/mol. The topological polar surface area (TPSA) is 86.3 Å². The molecule has 6 nitrogen and oxygen atoms in total. The molecule has 2 aromatic rings. The first-order chi connectivity index (χ1) is 9.86. The first-order valence-electron chi connectivity index (χ1n) is 6.21. The molecule has 0 bridgehead atoms. The summed E-state index contributed by atoms with van der Waals surface area (Å²) in [5.74, 6) is 0. The highest BCUT2D eigenvalue weighted by Crippen LogP contribution is 2.21. The molecule has 1 heterocycles. The first kappa shape index (κ1) is 16.2. The van der Waals surface area contributed by atoms with Gasteiger partial charge in [-0.05, 0) is 24.6 Å². The molecule has 0 amide bonds. The van der Waals surface area contributed by atoms with Crippen LogP contribution in [0.4, 0.5) is 0 Å². The predicted molar refractivity (Wildman–Crippen MR) is 82.0 cm³/mol. The number of nitrogens with one attached hydrogen (secondary N) is 1. The van der Waals surface area contributed by atoms with Crippen LogP contribution in [0.2, 0.25) is 0 Å². The smallest absolute Gasteiger partial charge is 0.262 e. The van der Waals surface area contributed by atoms with E-state index < -0.39 is 10.0 Å². The highest BCUT2D eigenvalue weighted by molar-refractivity contribution is 9.10. The molecule has 0 aliphatic carbocycles. The SMILES string of the molecule is Cc1[nH]nc(S(=O)(=O)N(C)Cc2cccc(Br)c2)c1CO. The van der Waals surface area contributed by atoms with Crippen LogP contribution in [0.3, 0.4) is 0 Å². The van der Waals surface area contributed by atoms with Gasteiger partial charge < -0.3 is 5.11 Å². The van der Waals surface area contributed by atoms with Crippen LogP contribution in [-0.4, -0.2) is 35.1 Å². The average Bonchev–Trinajstić information content (AvgIpc) is 2.80. The zero-order valence-corrected chi connectivity index (χ0v) is 14.1. The van der Waals surface area contributed by atoms with Gasteiger partial charge in [0.1, 0.15) is 0 Å². The van der Waals surface area contributed by atoms with Crippen molar-refractivity contribution in [1.29, 1.82) is 0 Å². The minimum absolute atomic E-state index is 0.125. The van der Waals surface area contributed by atoms with E-state index in [4.69, 9.17) is 0 Å². The maximum absolute atomic E-state index is 12.5. The molecule has 0 aliphatic rings. The van der Waals surface area contributed by atoms with Gasteiger partial charge >= 0.3 is 0 Å². The van der Waals surface area contributed by atoms with Crippen molar-refractivity contribution in [2.75, 3.05) is 7.05 Å². The van der Waals surface area contributed by atoms with Crippen LogP contribution in [-0.2, 0) is 23.2 Å². The van der Waals surface area contributed by atoms with Gasteiger partial charge in [0.15, 0.2) is 5.03 Å². The number of hydrogen-bond donors (Lipinski definition) is 2. The van der Waals surface area contributed by atoms with E-state index in [0.29, 0.717) is 11.3 Å². The van der Waals surface area contributed by atoms with E-state index in [-0.39, 0.29) is 18.2 Å². The molecule has 0 aliphatic heterocycles. The van der Waals surface area contributed by atoms with E-state index in [2.05, 4.69) is 26.1 Å². The van der Waals surface area contributed by atoms with Gasteiger partial charge in [0.25, 0.3) is 10.0 Å². The fourth-order valence-electron chi connectivity index (χ4n) is 1.95. The number of H-pyrrole nitrogens is 1. The van der Waals surface area contributed by atoms with Crippen LogP contribution in [0.5, 0.6) is 0 Å². The largest absolute Gasteiger partial charge is 0.392 e. The Kier molecular flexibility index (Phi) is 4.82. The van der Waals surface area contributed by atoms with E-state index in [1.807, 2.05) is 24.3 Å². The van der Waals surface area contributed by atoms with Crippen LogP contribution in [0, 0.1) is 6.92 Å². The predicted octanol–water partition coefficient (Wildman–Crippen LogP) is 1.79. The van der Waals surface area contributed by atoms with E-state index in [9.17, 15) is 13.5 Å². The Morgan fingerprint density at radius 2 is 2.14 bits per heavy atom. The van der Waals surface area contributed by atoms with Crippen molar-refractivity contribution in [3.05, 3.63) is 45.6 Å². The highest BCUT2D eigenvalue weighted by Gasteiger charge is 2.27. The van der Waals surface area contributed by atoms with Crippen molar-refractivity contribution in [3.63, 3.8) is 0 Å². The van der Waals surface area contributed by atoms with E-state index >= 15 is 0 Å². The summed E-state index contributed by atoms with van der Waals surface area (Å²) in [6, 6.07) is 7.42. The Labute approximate surface area is 132 Å². The summed E-state index contributed by atoms with van der Waals surface area (Å²) in [4.78, 5) is 0. The number of nitrogens with zero attached hydrogens (tertiary/aromatic N) is 2. The Hall–Kier alpha value is -1.22. The number of aliphatic hydroxyl groups excluding tert-OH is 1. The normalized spacial score (nSPS) is 12.0. The number of benzene rings is 1. The van der Waals surface area contributed by atoms with Crippen LogP contribution in [0.25, 0.3) is 0 Å². The molecule has 0 spiro atoms. The number of hydrogen-bond acceptors (Lipinski definition) is 4. The third-order valence-electron chi connectivity index (χ3n) is 3.14. The lowest BCUT2D eigenvalue weighted by molar-refractivity contribution is 0.277. The molecule has 2 rings (SSSR count). The van der Waals surface area contributed by atoms with E-state index in [1.165, 1.54) is 11.4 Å². The quantitative estimate of drug-likeness (QED) is 0.836. The van der Waals surface area contributed by atoms with Crippen molar-refractivity contribution in [1.82, 2.24) is 14.5 Å². The van der Waals surface area contributed by atoms with Gasteiger partial charge in [-0.2, -0.15) is 9.40 Å². The Bertz CT molecular complexity index is 743. The van der Waals surface area contributed by atoms with Gasteiger partial charge in [0, 0.05) is 29.3 Å². The molecule has 8 heteroatoms. The number of aryl methyl sites for hydroxylation is 1. The molecule has 0 atom stereocenters. The van der Waals surface area contributed by atoms with Crippen molar-refractivity contribution in [3.8, 4) is 0 Å². The maximum atomic E-state index is 12.5. The van der Waals surface area contributed by atoms with Crippen LogP contribution >= 0.6 is 15.9 Å². The van der Waals surface area contributed by atoms with Crippen molar-refractivity contribution >= 4 is 26.0 Å². The van der Waals surface area contributed by atoms with Crippen molar-refractivity contribution in [2.45, 2.75) is 25.1 Å². The summed E-state index contributed by atoms with van der Waals surface area (Å²) >= 11 is 3.36. The monoisotopic (exact) mass is 373 g/mol. The lowest BCUT2D eigenvalue weighted by Gasteiger charge is -2.16. The van der Waals surface area contributed by atoms with Gasteiger partial charge in [-0.25, -0.2) is 8.42 Å². The zero-order valence-electron chi connectivity index (χ0n) is 11.7. The fourth-order valence-corrected chi connectivity index (χ4v) is 3.71. The number of aliphatic hydroxyl groups is 1. The average molecular weight is 374 g/mol. The highest BCUT2D eigenvalue weighted by atomic mass is 79.9.